The Morgan fingerprint density at radius 2 is 1.40 bits per heavy atom. The summed E-state index contributed by atoms with van der Waals surface area (Å²) in [6.07, 6.45) is 18.3. The van der Waals surface area contributed by atoms with Crippen molar-refractivity contribution in [1.82, 2.24) is 0 Å². The maximum atomic E-state index is 13.4. The van der Waals surface area contributed by atoms with Gasteiger partial charge < -0.3 is 13.9 Å². The van der Waals surface area contributed by atoms with Gasteiger partial charge in [0.25, 0.3) is 0 Å². The summed E-state index contributed by atoms with van der Waals surface area (Å²) in [6.45, 7) is 8.83. The molecule has 0 fully saturated rings. The van der Waals surface area contributed by atoms with Gasteiger partial charge in [-0.15, -0.1) is 0 Å². The summed E-state index contributed by atoms with van der Waals surface area (Å²) < 4.78 is 25.0. The number of aryl methyl sites for hydroxylation is 4. The van der Waals surface area contributed by atoms with Gasteiger partial charge in [0.2, 0.25) is 0 Å². The molecule has 0 aromatic heterocycles. The average molecular weight is 579 g/mol. The number of fused-ring (bicyclic) bond motifs is 2. The molecule has 2 atom stereocenters. The first-order valence-corrected chi connectivity index (χ1v) is 17.3. The number of hydrogen-bond donors (Lipinski definition) is 0. The Balaban J connectivity index is 0.00000560. The molecule has 3 rings (SSSR count). The van der Waals surface area contributed by atoms with Crippen LogP contribution in [0.4, 0.5) is 0 Å². The molecule has 1 aliphatic carbocycles. The summed E-state index contributed by atoms with van der Waals surface area (Å²) in [5.41, 5.74) is 5.57. The van der Waals surface area contributed by atoms with Crippen molar-refractivity contribution < 1.29 is 48.1 Å². The summed E-state index contributed by atoms with van der Waals surface area (Å²) in [4.78, 5) is 13.4. The van der Waals surface area contributed by atoms with E-state index in [1.165, 1.54) is 36.8 Å². The molecule has 4 nitrogen and oxygen atoms in total. The Morgan fingerprint density at radius 3 is 2.05 bits per heavy atom. The standard InChI is InChI=1S/C34H53O4P.Na/c1-5-9-12-16-28-20-22-33(30(23-28)18-14-11-7-3)37-39(35,36)38-34-31-21-19-27(15-8-4)24-32(34)26-29(25-31)17-13-10-6-2;/h20,22-23,25-27H,5-19,21,24H2,1-4H3,(H,35,36);/q;+1/p-1. The molecule has 0 amide bonds. The topological polar surface area (TPSA) is 58.6 Å². The minimum Gasteiger partial charge on any atom is -0.736 e. The van der Waals surface area contributed by atoms with Crippen molar-refractivity contribution in [2.24, 2.45) is 5.92 Å². The monoisotopic (exact) mass is 578 g/mol. The SMILES string of the molecule is CCCCCc1ccc(OP(=O)([O-])Oc2c3cc(CCCCC)cc2CC(CCC)CC3)c(CCCCC)c1.[Na+]. The molecule has 0 saturated heterocycles. The number of hydrogen-bond acceptors (Lipinski definition) is 4. The number of phosphoric acid groups is 1. The summed E-state index contributed by atoms with van der Waals surface area (Å²) in [5, 5.41) is 0. The fraction of sp³-hybridized carbons (Fsp3) is 0.647. The summed E-state index contributed by atoms with van der Waals surface area (Å²) in [6, 6.07) is 10.4. The second-order valence-corrected chi connectivity index (χ2v) is 12.8. The molecule has 0 aliphatic heterocycles. The van der Waals surface area contributed by atoms with Crippen molar-refractivity contribution in [2.45, 2.75) is 137 Å². The van der Waals surface area contributed by atoms with E-state index in [1.807, 2.05) is 12.1 Å². The van der Waals surface area contributed by atoms with Crippen LogP contribution < -0.4 is 43.5 Å². The molecule has 1 aliphatic rings. The molecule has 0 saturated carbocycles. The van der Waals surface area contributed by atoms with Crippen LogP contribution in [0.1, 0.15) is 133 Å². The van der Waals surface area contributed by atoms with Gasteiger partial charge in [-0.2, -0.15) is 0 Å². The molecular formula is C34H52NaO4P. The van der Waals surface area contributed by atoms with Gasteiger partial charge >= 0.3 is 37.4 Å². The first-order valence-electron chi connectivity index (χ1n) is 15.9. The van der Waals surface area contributed by atoms with Gasteiger partial charge in [0.1, 0.15) is 11.5 Å². The second kappa shape index (κ2) is 18.7. The van der Waals surface area contributed by atoms with Gasteiger partial charge in [0, 0.05) is 0 Å². The average Bonchev–Trinajstić information content (AvgIpc) is 2.98. The van der Waals surface area contributed by atoms with Gasteiger partial charge in [0.15, 0.2) is 0 Å². The maximum Gasteiger partial charge on any atom is 1.00 e. The van der Waals surface area contributed by atoms with E-state index in [0.29, 0.717) is 17.4 Å². The van der Waals surface area contributed by atoms with E-state index in [0.717, 1.165) is 100 Å². The molecule has 2 aromatic carbocycles. The van der Waals surface area contributed by atoms with E-state index >= 15 is 0 Å². The smallest absolute Gasteiger partial charge is 0.736 e. The van der Waals surface area contributed by atoms with Crippen LogP contribution in [0.5, 0.6) is 11.5 Å². The largest absolute Gasteiger partial charge is 1.00 e. The van der Waals surface area contributed by atoms with E-state index in [2.05, 4.69) is 45.9 Å². The van der Waals surface area contributed by atoms with Crippen molar-refractivity contribution in [3.63, 3.8) is 0 Å². The van der Waals surface area contributed by atoms with Crippen molar-refractivity contribution in [3.8, 4) is 11.5 Å². The molecule has 40 heavy (non-hydrogen) atoms. The minimum atomic E-state index is -4.62. The van der Waals surface area contributed by atoms with E-state index in [1.54, 1.807) is 0 Å². The van der Waals surface area contributed by atoms with Crippen LogP contribution in [0.3, 0.4) is 0 Å². The Bertz CT molecular complexity index is 1070. The molecule has 2 aromatic rings. The van der Waals surface area contributed by atoms with Crippen molar-refractivity contribution in [1.29, 1.82) is 0 Å². The Labute approximate surface area is 266 Å². The fourth-order valence-electron chi connectivity index (χ4n) is 5.90. The van der Waals surface area contributed by atoms with Crippen molar-refractivity contribution in [3.05, 3.63) is 58.1 Å². The maximum absolute atomic E-state index is 13.4. The van der Waals surface area contributed by atoms with Gasteiger partial charge in [-0.3, -0.25) is 0 Å². The molecule has 2 bridgehead atoms. The molecule has 0 radical (unpaired) electrons. The van der Waals surface area contributed by atoms with Crippen LogP contribution in [0.2, 0.25) is 0 Å². The Hall–Kier alpha value is -0.770. The molecule has 0 heterocycles. The first-order chi connectivity index (χ1) is 18.9. The third-order valence-corrected chi connectivity index (χ3v) is 8.88. The molecule has 218 valence electrons. The number of benzene rings is 2. The van der Waals surface area contributed by atoms with Crippen LogP contribution in [0, 0.1) is 5.92 Å². The van der Waals surface area contributed by atoms with Crippen LogP contribution in [0.15, 0.2) is 30.3 Å². The quantitative estimate of drug-likeness (QED) is 0.112. The van der Waals surface area contributed by atoms with Gasteiger partial charge in [-0.1, -0.05) is 103 Å². The normalized spacial score (nSPS) is 16.1. The van der Waals surface area contributed by atoms with E-state index in [4.69, 9.17) is 9.05 Å². The predicted octanol–water partition coefficient (Wildman–Crippen LogP) is 6.72. The zero-order valence-corrected chi connectivity index (χ0v) is 29.0. The molecule has 2 unspecified atom stereocenters. The minimum absolute atomic E-state index is 0. The van der Waals surface area contributed by atoms with Crippen LogP contribution >= 0.6 is 7.82 Å². The first kappa shape index (κ1) is 35.4. The van der Waals surface area contributed by atoms with Crippen molar-refractivity contribution in [2.75, 3.05) is 0 Å². The van der Waals surface area contributed by atoms with Crippen molar-refractivity contribution >= 4 is 7.82 Å². The number of rotatable bonds is 18. The molecule has 0 N–H and O–H groups in total. The van der Waals surface area contributed by atoms with Crippen LogP contribution in [-0.4, -0.2) is 0 Å². The Kier molecular flexibility index (Phi) is 16.6. The van der Waals surface area contributed by atoms with E-state index < -0.39 is 7.82 Å². The molecule has 6 heteroatoms. The zero-order chi connectivity index (χ0) is 28.1. The van der Waals surface area contributed by atoms with Gasteiger partial charge in [0.05, 0.1) is 0 Å². The van der Waals surface area contributed by atoms with Crippen LogP contribution in [0.25, 0.3) is 0 Å². The van der Waals surface area contributed by atoms with Gasteiger partial charge in [-0.25, -0.2) is 4.57 Å². The predicted molar refractivity (Wildman–Crippen MR) is 162 cm³/mol. The number of unbranched alkanes of at least 4 members (excludes halogenated alkanes) is 6. The Morgan fingerprint density at radius 1 is 0.775 bits per heavy atom. The molecule has 0 spiro atoms. The second-order valence-electron chi connectivity index (χ2n) is 11.6. The zero-order valence-electron chi connectivity index (χ0n) is 26.1. The fourth-order valence-corrected chi connectivity index (χ4v) is 6.81. The van der Waals surface area contributed by atoms with Crippen LogP contribution in [-0.2, 0) is 36.7 Å². The van der Waals surface area contributed by atoms with E-state index in [9.17, 15) is 9.46 Å². The third-order valence-electron chi connectivity index (χ3n) is 8.06. The van der Waals surface area contributed by atoms with Gasteiger partial charge in [-0.05, 0) is 97.6 Å². The molecular weight excluding hydrogens is 526 g/mol. The number of phosphoric ester groups is 1. The third kappa shape index (κ3) is 11.5. The summed E-state index contributed by atoms with van der Waals surface area (Å²) >= 11 is 0. The summed E-state index contributed by atoms with van der Waals surface area (Å²) in [7, 11) is -4.62. The van der Waals surface area contributed by atoms with E-state index in [-0.39, 0.29) is 29.6 Å². The summed E-state index contributed by atoms with van der Waals surface area (Å²) in [5.74, 6) is 1.50.